The van der Waals surface area contributed by atoms with E-state index in [4.69, 9.17) is 10.2 Å². The zero-order valence-corrected chi connectivity index (χ0v) is 6.49. The van der Waals surface area contributed by atoms with E-state index in [2.05, 4.69) is 0 Å². The second-order valence-electron chi connectivity index (χ2n) is 2.46. The number of hydrogen-bond acceptors (Lipinski definition) is 2. The fourth-order valence-corrected chi connectivity index (χ4v) is 0.705. The van der Waals surface area contributed by atoms with E-state index in [-0.39, 0.29) is 25.7 Å². The topological polar surface area (TPSA) is 74.6 Å². The van der Waals surface area contributed by atoms with Gasteiger partial charge in [0.25, 0.3) is 0 Å². The minimum absolute atomic E-state index is 0.109. The second-order valence-corrected chi connectivity index (χ2v) is 2.46. The Hall–Kier alpha value is -1.13. The number of hydrogen-bond donors (Lipinski definition) is 2. The standard InChI is InChI=1S/C7H11FO4/c8-5(1-3-6(9)10)2-4-7(11)12/h5H,1-4H2,(H,9,10)(H,11,12). The molecule has 0 atom stereocenters. The average molecular weight is 178 g/mol. The van der Waals surface area contributed by atoms with Crippen LogP contribution >= 0.6 is 0 Å². The summed E-state index contributed by atoms with van der Waals surface area (Å²) >= 11 is 0. The Balaban J connectivity index is 3.39. The van der Waals surface area contributed by atoms with Gasteiger partial charge in [-0.25, -0.2) is 4.39 Å². The van der Waals surface area contributed by atoms with Crippen molar-refractivity contribution in [3.8, 4) is 0 Å². The van der Waals surface area contributed by atoms with E-state index in [0.717, 1.165) is 0 Å². The molecular formula is C7H11FO4. The van der Waals surface area contributed by atoms with Crippen molar-refractivity contribution in [2.45, 2.75) is 31.9 Å². The van der Waals surface area contributed by atoms with E-state index in [9.17, 15) is 14.0 Å². The minimum Gasteiger partial charge on any atom is -0.481 e. The Morgan fingerprint density at radius 2 is 1.42 bits per heavy atom. The lowest BCUT2D eigenvalue weighted by molar-refractivity contribution is -0.137. The van der Waals surface area contributed by atoms with Crippen LogP contribution in [0.2, 0.25) is 0 Å². The fourth-order valence-electron chi connectivity index (χ4n) is 0.705. The summed E-state index contributed by atoms with van der Waals surface area (Å²) in [5, 5.41) is 16.3. The second kappa shape index (κ2) is 5.51. The summed E-state index contributed by atoms with van der Waals surface area (Å²) < 4.78 is 12.6. The molecule has 0 aliphatic carbocycles. The summed E-state index contributed by atoms with van der Waals surface area (Å²) in [6.07, 6.45) is -2.04. The van der Waals surface area contributed by atoms with Gasteiger partial charge in [0, 0.05) is 12.8 Å². The van der Waals surface area contributed by atoms with Gasteiger partial charge in [-0.05, 0) is 12.8 Å². The molecule has 5 heteroatoms. The first-order valence-corrected chi connectivity index (χ1v) is 3.60. The van der Waals surface area contributed by atoms with Crippen molar-refractivity contribution in [3.05, 3.63) is 0 Å². The van der Waals surface area contributed by atoms with Crippen LogP contribution in [0, 0.1) is 0 Å². The largest absolute Gasteiger partial charge is 0.481 e. The molecule has 0 saturated heterocycles. The number of carboxylic acids is 2. The maximum atomic E-state index is 12.6. The molecule has 2 N–H and O–H groups in total. The molecule has 0 rings (SSSR count). The molecule has 0 aliphatic heterocycles. The smallest absolute Gasteiger partial charge is 0.303 e. The van der Waals surface area contributed by atoms with Crippen molar-refractivity contribution in [1.82, 2.24) is 0 Å². The van der Waals surface area contributed by atoms with Crippen LogP contribution in [0.15, 0.2) is 0 Å². The summed E-state index contributed by atoms with van der Waals surface area (Å²) in [5.41, 5.74) is 0. The average Bonchev–Trinajstić information content (AvgIpc) is 1.96. The molecule has 4 nitrogen and oxygen atoms in total. The van der Waals surface area contributed by atoms with Crippen molar-refractivity contribution >= 4 is 11.9 Å². The zero-order chi connectivity index (χ0) is 9.56. The van der Waals surface area contributed by atoms with E-state index in [1.54, 1.807) is 0 Å². The van der Waals surface area contributed by atoms with Gasteiger partial charge in [0.1, 0.15) is 6.17 Å². The minimum atomic E-state index is -1.32. The van der Waals surface area contributed by atoms with Gasteiger partial charge in [-0.3, -0.25) is 9.59 Å². The van der Waals surface area contributed by atoms with Gasteiger partial charge in [-0.1, -0.05) is 0 Å². The van der Waals surface area contributed by atoms with Crippen LogP contribution < -0.4 is 0 Å². The zero-order valence-electron chi connectivity index (χ0n) is 6.49. The maximum Gasteiger partial charge on any atom is 0.303 e. The third kappa shape index (κ3) is 6.98. The summed E-state index contributed by atoms with van der Waals surface area (Å²) in [6, 6.07) is 0. The van der Waals surface area contributed by atoms with E-state index < -0.39 is 18.1 Å². The Kier molecular flexibility index (Phi) is 4.99. The van der Waals surface area contributed by atoms with Crippen molar-refractivity contribution in [3.63, 3.8) is 0 Å². The van der Waals surface area contributed by atoms with Gasteiger partial charge < -0.3 is 10.2 Å². The molecule has 0 spiro atoms. The van der Waals surface area contributed by atoms with Crippen LogP contribution in [0.25, 0.3) is 0 Å². The van der Waals surface area contributed by atoms with Gasteiger partial charge in [0.2, 0.25) is 0 Å². The van der Waals surface area contributed by atoms with E-state index in [0.29, 0.717) is 0 Å². The Morgan fingerprint density at radius 1 is 1.08 bits per heavy atom. The van der Waals surface area contributed by atoms with Crippen LogP contribution in [-0.4, -0.2) is 28.3 Å². The molecule has 0 heterocycles. The molecule has 70 valence electrons. The van der Waals surface area contributed by atoms with Gasteiger partial charge in [0.05, 0.1) is 0 Å². The van der Waals surface area contributed by atoms with Gasteiger partial charge in [-0.2, -0.15) is 0 Å². The number of halogens is 1. The third-order valence-corrected chi connectivity index (χ3v) is 1.34. The van der Waals surface area contributed by atoms with Crippen LogP contribution in [0.4, 0.5) is 4.39 Å². The molecule has 0 amide bonds. The molecule has 0 saturated carbocycles. The first-order valence-electron chi connectivity index (χ1n) is 3.60. The van der Waals surface area contributed by atoms with E-state index in [1.165, 1.54) is 0 Å². The van der Waals surface area contributed by atoms with Gasteiger partial charge >= 0.3 is 11.9 Å². The molecule has 0 aromatic rings. The quantitative estimate of drug-likeness (QED) is 0.637. The molecule has 12 heavy (non-hydrogen) atoms. The molecule has 0 unspecified atom stereocenters. The van der Waals surface area contributed by atoms with E-state index in [1.807, 2.05) is 0 Å². The maximum absolute atomic E-state index is 12.6. The number of rotatable bonds is 6. The highest BCUT2D eigenvalue weighted by atomic mass is 19.1. The Morgan fingerprint density at radius 3 is 1.67 bits per heavy atom. The monoisotopic (exact) mass is 178 g/mol. The number of carbonyl (C=O) groups is 2. The molecule has 0 fully saturated rings. The highest BCUT2D eigenvalue weighted by Gasteiger charge is 2.10. The summed E-state index contributed by atoms with van der Waals surface area (Å²) in [6.45, 7) is 0. The van der Waals surface area contributed by atoms with Crippen LogP contribution in [0.5, 0.6) is 0 Å². The lowest BCUT2D eigenvalue weighted by Gasteiger charge is -2.02. The Labute approximate surface area is 69.0 Å². The normalized spacial score (nSPS) is 10.2. The number of aliphatic carboxylic acids is 2. The summed E-state index contributed by atoms with van der Waals surface area (Å²) in [7, 11) is 0. The molecule has 0 aliphatic rings. The van der Waals surface area contributed by atoms with Gasteiger partial charge in [-0.15, -0.1) is 0 Å². The Bertz CT molecular complexity index is 151. The van der Waals surface area contributed by atoms with Crippen molar-refractivity contribution < 1.29 is 24.2 Å². The SMILES string of the molecule is O=C(O)CCC(F)CCC(=O)O. The van der Waals surface area contributed by atoms with Crippen molar-refractivity contribution in [2.75, 3.05) is 0 Å². The van der Waals surface area contributed by atoms with Crippen molar-refractivity contribution in [1.29, 1.82) is 0 Å². The number of alkyl halides is 1. The van der Waals surface area contributed by atoms with Gasteiger partial charge in [0.15, 0.2) is 0 Å². The van der Waals surface area contributed by atoms with Crippen LogP contribution in [-0.2, 0) is 9.59 Å². The summed E-state index contributed by atoms with van der Waals surface area (Å²) in [4.78, 5) is 19.9. The first kappa shape index (κ1) is 10.9. The molecule has 0 aromatic carbocycles. The lowest BCUT2D eigenvalue weighted by Crippen LogP contribution is -2.07. The fraction of sp³-hybridized carbons (Fsp3) is 0.714. The predicted molar refractivity (Wildman–Crippen MR) is 38.6 cm³/mol. The van der Waals surface area contributed by atoms with Crippen molar-refractivity contribution in [2.24, 2.45) is 0 Å². The highest BCUT2D eigenvalue weighted by Crippen LogP contribution is 2.08. The van der Waals surface area contributed by atoms with E-state index >= 15 is 0 Å². The van der Waals surface area contributed by atoms with Crippen LogP contribution in [0.3, 0.4) is 0 Å². The lowest BCUT2D eigenvalue weighted by atomic mass is 10.1. The summed E-state index contributed by atoms with van der Waals surface area (Å²) in [5.74, 6) is -2.12. The van der Waals surface area contributed by atoms with Crippen LogP contribution in [0.1, 0.15) is 25.7 Å². The third-order valence-electron chi connectivity index (χ3n) is 1.34. The molecule has 0 radical (unpaired) electrons. The number of carboxylic acid groups (broad SMARTS) is 2. The molecule has 0 aromatic heterocycles. The molecule has 0 bridgehead atoms. The molecular weight excluding hydrogens is 167 g/mol. The first-order chi connectivity index (χ1) is 5.52. The highest BCUT2D eigenvalue weighted by molar-refractivity contribution is 5.67. The predicted octanol–water partition coefficient (Wildman–Crippen LogP) is 1.05.